The number of nitrogens with zero attached hydrogens (tertiary/aromatic N) is 1. The van der Waals surface area contributed by atoms with Crippen LogP contribution in [-0.4, -0.2) is 46.9 Å². The summed E-state index contributed by atoms with van der Waals surface area (Å²) in [5, 5.41) is 5.81. The Kier molecular flexibility index (Phi) is 5.36. The third-order valence-electron chi connectivity index (χ3n) is 4.78. The van der Waals surface area contributed by atoms with Crippen molar-refractivity contribution in [2.45, 2.75) is 44.2 Å². The van der Waals surface area contributed by atoms with Crippen molar-refractivity contribution in [2.75, 3.05) is 11.9 Å². The van der Waals surface area contributed by atoms with Gasteiger partial charge in [0.15, 0.2) is 6.10 Å². The molecular weight excluding hydrogens is 374 g/mol. The van der Waals surface area contributed by atoms with Crippen molar-refractivity contribution in [3.05, 3.63) is 29.3 Å². The fraction of sp³-hybridized carbons (Fsp3) is 0.444. The number of halogens is 1. The second-order valence-electron chi connectivity index (χ2n) is 6.74. The number of benzene rings is 1. The molecular formula is C18H20ClN3O5. The summed E-state index contributed by atoms with van der Waals surface area (Å²) in [6.07, 6.45) is 1.76. The average molecular weight is 394 g/mol. The lowest BCUT2D eigenvalue weighted by Gasteiger charge is -2.20. The van der Waals surface area contributed by atoms with E-state index in [9.17, 15) is 19.2 Å². The smallest absolute Gasteiger partial charge is 0.327 e. The van der Waals surface area contributed by atoms with Gasteiger partial charge in [0.1, 0.15) is 12.1 Å². The summed E-state index contributed by atoms with van der Waals surface area (Å²) in [6, 6.07) is 5.86. The zero-order chi connectivity index (χ0) is 19.6. The van der Waals surface area contributed by atoms with Gasteiger partial charge in [0, 0.05) is 10.7 Å². The van der Waals surface area contributed by atoms with E-state index in [1.165, 1.54) is 6.92 Å². The highest BCUT2D eigenvalue weighted by Gasteiger charge is 2.52. The number of urea groups is 1. The first-order chi connectivity index (χ1) is 12.8. The largest absolute Gasteiger partial charge is 0.451 e. The van der Waals surface area contributed by atoms with Crippen LogP contribution in [0, 0.1) is 0 Å². The predicted molar refractivity (Wildman–Crippen MR) is 97.1 cm³/mol. The number of hydrogen-bond acceptors (Lipinski definition) is 5. The monoisotopic (exact) mass is 393 g/mol. The van der Waals surface area contributed by atoms with E-state index in [1.807, 2.05) is 0 Å². The van der Waals surface area contributed by atoms with E-state index in [2.05, 4.69) is 10.6 Å². The third-order valence-corrected chi connectivity index (χ3v) is 5.03. The van der Waals surface area contributed by atoms with Crippen LogP contribution in [0.2, 0.25) is 5.02 Å². The van der Waals surface area contributed by atoms with Gasteiger partial charge in [-0.3, -0.25) is 19.3 Å². The molecule has 1 aromatic carbocycles. The van der Waals surface area contributed by atoms with Gasteiger partial charge < -0.3 is 15.4 Å². The van der Waals surface area contributed by atoms with Crippen LogP contribution in [-0.2, 0) is 19.1 Å². The fourth-order valence-electron chi connectivity index (χ4n) is 3.33. The normalized spacial score (nSPS) is 19.1. The summed E-state index contributed by atoms with van der Waals surface area (Å²) in [6.45, 7) is 0.887. The van der Waals surface area contributed by atoms with E-state index in [0.29, 0.717) is 23.6 Å². The van der Waals surface area contributed by atoms with Crippen molar-refractivity contribution in [1.82, 2.24) is 10.2 Å². The summed E-state index contributed by atoms with van der Waals surface area (Å²) >= 11 is 5.78. The molecule has 8 nitrogen and oxygen atoms in total. The van der Waals surface area contributed by atoms with Crippen molar-refractivity contribution in [1.29, 1.82) is 0 Å². The van der Waals surface area contributed by atoms with Gasteiger partial charge in [-0.1, -0.05) is 24.4 Å². The summed E-state index contributed by atoms with van der Waals surface area (Å²) in [4.78, 5) is 49.7. The number of hydrogen-bond donors (Lipinski definition) is 2. The molecule has 4 amide bonds. The molecule has 1 heterocycles. The molecule has 1 aliphatic heterocycles. The lowest BCUT2D eigenvalue weighted by molar-refractivity contribution is -0.155. The molecule has 3 rings (SSSR count). The molecule has 0 unspecified atom stereocenters. The minimum absolute atomic E-state index is 0.403. The van der Waals surface area contributed by atoms with Crippen molar-refractivity contribution in [3.8, 4) is 0 Å². The average Bonchev–Trinajstić information content (AvgIpc) is 3.18. The van der Waals surface area contributed by atoms with Crippen LogP contribution < -0.4 is 10.6 Å². The minimum Gasteiger partial charge on any atom is -0.451 e. The molecule has 1 aliphatic carbocycles. The number of esters is 1. The molecule has 0 bridgehead atoms. The van der Waals surface area contributed by atoms with E-state index in [0.717, 1.165) is 17.7 Å². The number of carbonyl (C=O) groups is 4. The number of rotatable bonds is 5. The molecule has 9 heteroatoms. The van der Waals surface area contributed by atoms with Crippen LogP contribution in [0.4, 0.5) is 10.5 Å². The quantitative estimate of drug-likeness (QED) is 0.588. The first-order valence-electron chi connectivity index (χ1n) is 8.71. The zero-order valence-corrected chi connectivity index (χ0v) is 15.5. The number of ether oxygens (including phenoxy) is 1. The number of anilines is 1. The Morgan fingerprint density at radius 1 is 1.26 bits per heavy atom. The minimum atomic E-state index is -1.09. The van der Waals surface area contributed by atoms with E-state index >= 15 is 0 Å². The van der Waals surface area contributed by atoms with Crippen LogP contribution in [0.1, 0.15) is 32.6 Å². The van der Waals surface area contributed by atoms with Gasteiger partial charge in [-0.15, -0.1) is 0 Å². The molecule has 144 valence electrons. The topological polar surface area (TPSA) is 105 Å². The molecule has 1 aromatic rings. The maximum Gasteiger partial charge on any atom is 0.327 e. The standard InChI is InChI=1S/C18H20ClN3O5/c1-11(15(24)20-13-6-4-12(19)5-7-13)27-14(23)10-22-16(25)18(21-17(22)26)8-2-3-9-18/h4-7,11H,2-3,8-10H2,1H3,(H,20,24)(H,21,26)/t11-/m0/s1. The van der Waals surface area contributed by atoms with Crippen LogP contribution in [0.15, 0.2) is 24.3 Å². The Morgan fingerprint density at radius 3 is 2.52 bits per heavy atom. The molecule has 27 heavy (non-hydrogen) atoms. The molecule has 0 radical (unpaired) electrons. The van der Waals surface area contributed by atoms with E-state index < -0.39 is 42.0 Å². The fourth-order valence-corrected chi connectivity index (χ4v) is 3.46. The SMILES string of the molecule is C[C@H](OC(=O)CN1C(=O)NC2(CCCC2)C1=O)C(=O)Nc1ccc(Cl)cc1. The summed E-state index contributed by atoms with van der Waals surface area (Å²) < 4.78 is 5.07. The van der Waals surface area contributed by atoms with E-state index in [1.54, 1.807) is 24.3 Å². The molecule has 1 saturated carbocycles. The van der Waals surface area contributed by atoms with Gasteiger partial charge in [0.05, 0.1) is 0 Å². The van der Waals surface area contributed by atoms with Crippen LogP contribution >= 0.6 is 11.6 Å². The second-order valence-corrected chi connectivity index (χ2v) is 7.18. The van der Waals surface area contributed by atoms with Gasteiger partial charge >= 0.3 is 12.0 Å². The number of nitrogens with one attached hydrogen (secondary N) is 2. The highest BCUT2D eigenvalue weighted by molar-refractivity contribution is 6.30. The van der Waals surface area contributed by atoms with E-state index in [4.69, 9.17) is 16.3 Å². The summed E-state index contributed by atoms with van der Waals surface area (Å²) in [5.74, 6) is -1.76. The van der Waals surface area contributed by atoms with Crippen LogP contribution in [0.3, 0.4) is 0 Å². The lowest BCUT2D eigenvalue weighted by Crippen LogP contribution is -2.44. The van der Waals surface area contributed by atoms with Gasteiger partial charge in [-0.2, -0.15) is 0 Å². The first-order valence-corrected chi connectivity index (χ1v) is 9.08. The van der Waals surface area contributed by atoms with Gasteiger partial charge in [-0.05, 0) is 44.0 Å². The third kappa shape index (κ3) is 4.05. The van der Waals surface area contributed by atoms with Crippen molar-refractivity contribution < 1.29 is 23.9 Å². The molecule has 1 spiro atoms. The maximum absolute atomic E-state index is 12.5. The van der Waals surface area contributed by atoms with Gasteiger partial charge in [-0.25, -0.2) is 4.79 Å². The Morgan fingerprint density at radius 2 is 1.89 bits per heavy atom. The predicted octanol–water partition coefficient (Wildman–Crippen LogP) is 2.07. The highest BCUT2D eigenvalue weighted by atomic mass is 35.5. The molecule has 1 saturated heterocycles. The van der Waals surface area contributed by atoms with Crippen LogP contribution in [0.5, 0.6) is 0 Å². The lowest BCUT2D eigenvalue weighted by atomic mass is 9.98. The summed E-state index contributed by atoms with van der Waals surface area (Å²) in [7, 11) is 0. The Bertz CT molecular complexity index is 774. The zero-order valence-electron chi connectivity index (χ0n) is 14.8. The van der Waals surface area contributed by atoms with Crippen molar-refractivity contribution in [3.63, 3.8) is 0 Å². The first kappa shape index (κ1) is 19.2. The van der Waals surface area contributed by atoms with E-state index in [-0.39, 0.29) is 0 Å². The molecule has 2 fully saturated rings. The molecule has 1 atom stereocenters. The Hall–Kier alpha value is -2.61. The summed E-state index contributed by atoms with van der Waals surface area (Å²) in [5.41, 5.74) is -0.376. The Labute approximate surface area is 161 Å². The number of imide groups is 1. The number of carbonyl (C=O) groups excluding carboxylic acids is 4. The second kappa shape index (κ2) is 7.56. The van der Waals surface area contributed by atoms with Crippen molar-refractivity contribution >= 4 is 41.1 Å². The number of amides is 4. The van der Waals surface area contributed by atoms with Crippen LogP contribution in [0.25, 0.3) is 0 Å². The van der Waals surface area contributed by atoms with Crippen molar-refractivity contribution in [2.24, 2.45) is 0 Å². The molecule has 2 N–H and O–H groups in total. The van der Waals surface area contributed by atoms with Gasteiger partial charge in [0.2, 0.25) is 0 Å². The highest BCUT2D eigenvalue weighted by Crippen LogP contribution is 2.34. The molecule has 2 aliphatic rings. The van der Waals surface area contributed by atoms with Gasteiger partial charge in [0.25, 0.3) is 11.8 Å². The molecule has 0 aromatic heterocycles. The Balaban J connectivity index is 1.54. The maximum atomic E-state index is 12.5.